The predicted octanol–water partition coefficient (Wildman–Crippen LogP) is 1.22. The van der Waals surface area contributed by atoms with Gasteiger partial charge in [0.05, 0.1) is 24.7 Å². The topological polar surface area (TPSA) is 38.7 Å². The molecule has 15 heavy (non-hydrogen) atoms. The number of aliphatic hydroxyl groups excluding tert-OH is 1. The highest BCUT2D eigenvalue weighted by atomic mass is 16.7. The number of ether oxygens (including phenoxy) is 2. The average molecular weight is 208 g/mol. The zero-order chi connectivity index (χ0) is 10.1. The molecule has 0 amide bonds. The van der Waals surface area contributed by atoms with E-state index in [2.05, 4.69) is 12.2 Å². The number of aliphatic hydroxyl groups is 1. The third kappa shape index (κ3) is 0.718. The zero-order valence-electron chi connectivity index (χ0n) is 8.74. The van der Waals surface area contributed by atoms with Gasteiger partial charge in [0.2, 0.25) is 0 Å². The molecule has 3 aliphatic carbocycles. The van der Waals surface area contributed by atoms with Gasteiger partial charge in [-0.1, -0.05) is 12.2 Å². The van der Waals surface area contributed by atoms with Gasteiger partial charge in [-0.15, -0.1) is 0 Å². The highest BCUT2D eigenvalue weighted by molar-refractivity contribution is 5.38. The molecule has 0 bridgehead atoms. The molecular weight excluding hydrogens is 192 g/mol. The van der Waals surface area contributed by atoms with Crippen molar-refractivity contribution in [3.63, 3.8) is 0 Å². The van der Waals surface area contributed by atoms with E-state index in [0.29, 0.717) is 13.2 Å². The normalized spacial score (nSPS) is 54.3. The maximum absolute atomic E-state index is 9.90. The van der Waals surface area contributed by atoms with Gasteiger partial charge in [-0.05, 0) is 19.3 Å². The van der Waals surface area contributed by atoms with Gasteiger partial charge in [0.25, 0.3) is 0 Å². The Hall–Kier alpha value is -0.380. The van der Waals surface area contributed by atoms with Gasteiger partial charge in [0.15, 0.2) is 5.79 Å². The second-order valence-corrected chi connectivity index (χ2v) is 5.47. The summed E-state index contributed by atoms with van der Waals surface area (Å²) in [5.41, 5.74) is 0.187. The van der Waals surface area contributed by atoms with E-state index in [-0.39, 0.29) is 22.7 Å². The average Bonchev–Trinajstić information content (AvgIpc) is 2.76. The van der Waals surface area contributed by atoms with Crippen LogP contribution in [-0.2, 0) is 9.47 Å². The molecule has 1 aliphatic heterocycles. The molecule has 1 spiro atoms. The summed E-state index contributed by atoms with van der Waals surface area (Å²) in [6, 6.07) is 0. The minimum absolute atomic E-state index is 0.00405. The number of allylic oxidation sites excluding steroid dienone is 1. The molecule has 3 nitrogen and oxygen atoms in total. The van der Waals surface area contributed by atoms with Gasteiger partial charge in [-0.3, -0.25) is 0 Å². The van der Waals surface area contributed by atoms with Crippen LogP contribution in [-0.4, -0.2) is 30.2 Å². The van der Waals surface area contributed by atoms with Crippen molar-refractivity contribution in [1.82, 2.24) is 0 Å². The molecular formula is C12H16O3. The molecule has 4 aliphatic rings. The lowest BCUT2D eigenvalue weighted by Crippen LogP contribution is -2.52. The standard InChI is InChI=1S/C12H16O3/c13-9-7-10-1-3-11(10,8-9)12(4-2-10)14-5-6-15-12/h1,3,9,13H,2,4-8H2/t9-,10+,11-/m0/s1. The lowest BCUT2D eigenvalue weighted by Gasteiger charge is -2.50. The summed E-state index contributed by atoms with van der Waals surface area (Å²) in [5.74, 6) is -0.390. The molecule has 0 radical (unpaired) electrons. The fourth-order valence-electron chi connectivity index (χ4n) is 4.44. The first-order valence-electron chi connectivity index (χ1n) is 5.89. The molecule has 0 aromatic carbocycles. The van der Waals surface area contributed by atoms with E-state index in [1.54, 1.807) is 0 Å². The summed E-state index contributed by atoms with van der Waals surface area (Å²) >= 11 is 0. The van der Waals surface area contributed by atoms with Crippen LogP contribution in [0.2, 0.25) is 0 Å². The smallest absolute Gasteiger partial charge is 0.178 e. The highest BCUT2D eigenvalue weighted by Gasteiger charge is 2.75. The van der Waals surface area contributed by atoms with Crippen molar-refractivity contribution in [3.8, 4) is 0 Å². The Morgan fingerprint density at radius 3 is 2.53 bits per heavy atom. The fourth-order valence-corrected chi connectivity index (χ4v) is 4.44. The van der Waals surface area contributed by atoms with Gasteiger partial charge in [-0.2, -0.15) is 0 Å². The lowest BCUT2D eigenvalue weighted by molar-refractivity contribution is -0.222. The molecule has 1 heterocycles. The summed E-state index contributed by atoms with van der Waals surface area (Å²) in [6.07, 6.45) is 8.17. The number of rotatable bonds is 0. The van der Waals surface area contributed by atoms with Gasteiger partial charge in [-0.25, -0.2) is 0 Å². The molecule has 3 heteroatoms. The van der Waals surface area contributed by atoms with E-state index in [9.17, 15) is 5.11 Å². The number of hydrogen-bond acceptors (Lipinski definition) is 3. The zero-order valence-corrected chi connectivity index (χ0v) is 8.74. The van der Waals surface area contributed by atoms with E-state index in [1.807, 2.05) is 0 Å². The van der Waals surface area contributed by atoms with Crippen molar-refractivity contribution in [1.29, 1.82) is 0 Å². The molecule has 0 unspecified atom stereocenters. The van der Waals surface area contributed by atoms with Crippen molar-refractivity contribution < 1.29 is 14.6 Å². The third-order valence-corrected chi connectivity index (χ3v) is 5.07. The third-order valence-electron chi connectivity index (χ3n) is 5.07. The molecule has 2 saturated carbocycles. The molecule has 1 saturated heterocycles. The van der Waals surface area contributed by atoms with Gasteiger partial charge >= 0.3 is 0 Å². The molecule has 4 rings (SSSR count). The van der Waals surface area contributed by atoms with Crippen LogP contribution in [0.1, 0.15) is 25.7 Å². The van der Waals surface area contributed by atoms with Crippen LogP contribution >= 0.6 is 0 Å². The van der Waals surface area contributed by atoms with Crippen LogP contribution < -0.4 is 0 Å². The first kappa shape index (κ1) is 8.74. The van der Waals surface area contributed by atoms with E-state index in [1.165, 1.54) is 0 Å². The van der Waals surface area contributed by atoms with Crippen LogP contribution in [0.3, 0.4) is 0 Å². The van der Waals surface area contributed by atoms with Crippen LogP contribution in [0.4, 0.5) is 0 Å². The van der Waals surface area contributed by atoms with Gasteiger partial charge in [0.1, 0.15) is 0 Å². The van der Waals surface area contributed by atoms with E-state index < -0.39 is 0 Å². The summed E-state index contributed by atoms with van der Waals surface area (Å²) in [6.45, 7) is 1.42. The van der Waals surface area contributed by atoms with Crippen molar-refractivity contribution >= 4 is 0 Å². The second-order valence-electron chi connectivity index (χ2n) is 5.47. The largest absolute Gasteiger partial charge is 0.393 e. The molecule has 3 atom stereocenters. The van der Waals surface area contributed by atoms with Crippen LogP contribution in [0.5, 0.6) is 0 Å². The predicted molar refractivity (Wildman–Crippen MR) is 53.1 cm³/mol. The maximum Gasteiger partial charge on any atom is 0.178 e. The summed E-state index contributed by atoms with van der Waals surface area (Å²) in [5, 5.41) is 9.90. The molecule has 0 aromatic rings. The van der Waals surface area contributed by atoms with Crippen molar-refractivity contribution in [2.75, 3.05) is 13.2 Å². The first-order valence-corrected chi connectivity index (χ1v) is 5.89. The lowest BCUT2D eigenvalue weighted by atomic mass is 9.58. The summed E-state index contributed by atoms with van der Waals surface area (Å²) < 4.78 is 11.8. The van der Waals surface area contributed by atoms with Crippen LogP contribution in [0, 0.1) is 10.8 Å². The monoisotopic (exact) mass is 208 g/mol. The Balaban J connectivity index is 1.84. The second kappa shape index (κ2) is 2.31. The summed E-state index contributed by atoms with van der Waals surface area (Å²) in [7, 11) is 0. The van der Waals surface area contributed by atoms with Crippen LogP contribution in [0.15, 0.2) is 12.2 Å². The Labute approximate surface area is 89.1 Å². The van der Waals surface area contributed by atoms with Gasteiger partial charge in [0, 0.05) is 11.8 Å². The Kier molecular flexibility index (Phi) is 1.35. The van der Waals surface area contributed by atoms with Crippen molar-refractivity contribution in [2.45, 2.75) is 37.6 Å². The highest BCUT2D eigenvalue weighted by Crippen LogP contribution is 2.74. The number of hydrogen-bond donors (Lipinski definition) is 1. The quantitative estimate of drug-likeness (QED) is 0.608. The SMILES string of the molecule is O[C@H]1C[C@]23C=C[C@@]2(C1)C1(CC3)OCCO1. The Bertz CT molecular complexity index is 345. The van der Waals surface area contributed by atoms with E-state index in [0.717, 1.165) is 25.7 Å². The van der Waals surface area contributed by atoms with E-state index in [4.69, 9.17) is 9.47 Å². The van der Waals surface area contributed by atoms with Crippen molar-refractivity contribution in [2.24, 2.45) is 10.8 Å². The van der Waals surface area contributed by atoms with E-state index >= 15 is 0 Å². The first-order chi connectivity index (χ1) is 7.22. The van der Waals surface area contributed by atoms with Crippen molar-refractivity contribution in [3.05, 3.63) is 12.2 Å². The fraction of sp³-hybridized carbons (Fsp3) is 0.833. The molecule has 82 valence electrons. The van der Waals surface area contributed by atoms with Crippen LogP contribution in [0.25, 0.3) is 0 Å². The Morgan fingerprint density at radius 1 is 1.07 bits per heavy atom. The summed E-state index contributed by atoms with van der Waals surface area (Å²) in [4.78, 5) is 0. The molecule has 1 N–H and O–H groups in total. The molecule has 3 fully saturated rings. The molecule has 0 aromatic heterocycles. The minimum atomic E-state index is -0.390. The Morgan fingerprint density at radius 2 is 1.87 bits per heavy atom. The minimum Gasteiger partial charge on any atom is -0.393 e. The maximum atomic E-state index is 9.90. The van der Waals surface area contributed by atoms with Gasteiger partial charge < -0.3 is 14.6 Å².